The second kappa shape index (κ2) is 6.11. The molecule has 108 valence electrons. The summed E-state index contributed by atoms with van der Waals surface area (Å²) in [5.74, 6) is -0.103. The van der Waals surface area contributed by atoms with Crippen molar-refractivity contribution in [1.29, 1.82) is 0 Å². The average Bonchev–Trinajstić information content (AvgIpc) is 2.65. The predicted molar refractivity (Wildman–Crippen MR) is 89.4 cm³/mol. The summed E-state index contributed by atoms with van der Waals surface area (Å²) < 4.78 is 2.00. The molecule has 1 aromatic carbocycles. The number of likely N-dealkylation sites (N-methyl/N-ethyl adjacent to an activating group) is 1. The fourth-order valence-corrected chi connectivity index (χ4v) is 3.72. The Labute approximate surface area is 131 Å². The number of nitrogen functional groups attached to an aromatic ring is 1. The summed E-state index contributed by atoms with van der Waals surface area (Å²) >= 11 is 4.86. The second-order valence-electron chi connectivity index (χ2n) is 5.12. The van der Waals surface area contributed by atoms with Crippen LogP contribution < -0.4 is 11.1 Å². The Balaban J connectivity index is 2.24. The maximum absolute atomic E-state index is 12.3. The van der Waals surface area contributed by atoms with Crippen LogP contribution in [0.1, 0.15) is 16.6 Å². The van der Waals surface area contributed by atoms with E-state index in [2.05, 4.69) is 21.2 Å². The highest BCUT2D eigenvalue weighted by atomic mass is 79.9. The monoisotopic (exact) mass is 355 g/mol. The molecule has 0 fully saturated rings. The lowest BCUT2D eigenvalue weighted by atomic mass is 10.2. The molecular weight excluding hydrogens is 338 g/mol. The number of nitrogens with one attached hydrogen (secondary N) is 1. The number of hydrogen-bond acceptors (Lipinski definition) is 4. The minimum atomic E-state index is -0.103. The van der Waals surface area contributed by atoms with Gasteiger partial charge >= 0.3 is 0 Å². The van der Waals surface area contributed by atoms with Crippen molar-refractivity contribution in [2.45, 2.75) is 13.0 Å². The number of anilines is 1. The van der Waals surface area contributed by atoms with Crippen molar-refractivity contribution in [2.75, 3.05) is 26.4 Å². The highest BCUT2D eigenvalue weighted by Crippen LogP contribution is 2.35. The van der Waals surface area contributed by atoms with Crippen molar-refractivity contribution in [1.82, 2.24) is 10.2 Å². The molecule has 1 heterocycles. The molecule has 0 spiro atoms. The van der Waals surface area contributed by atoms with E-state index in [1.807, 2.05) is 44.1 Å². The lowest BCUT2D eigenvalue weighted by molar-refractivity contribution is 0.0939. The van der Waals surface area contributed by atoms with Crippen LogP contribution in [0.4, 0.5) is 5.69 Å². The summed E-state index contributed by atoms with van der Waals surface area (Å²) in [7, 11) is 3.96. The maximum atomic E-state index is 12.3. The molecule has 1 aromatic heterocycles. The first-order valence-corrected chi connectivity index (χ1v) is 7.92. The SMILES string of the molecule is CC(CN(C)C)NC(=O)c1sc2cc(Br)ccc2c1N. The Morgan fingerprint density at radius 3 is 2.85 bits per heavy atom. The normalized spacial score (nSPS) is 12.8. The molecule has 0 aliphatic heterocycles. The van der Waals surface area contributed by atoms with Crippen LogP contribution in [0.3, 0.4) is 0 Å². The lowest BCUT2D eigenvalue weighted by Crippen LogP contribution is -2.39. The van der Waals surface area contributed by atoms with Crippen LogP contribution in [-0.4, -0.2) is 37.5 Å². The number of nitrogens with two attached hydrogens (primary N) is 1. The third-order valence-electron chi connectivity index (χ3n) is 2.91. The van der Waals surface area contributed by atoms with Gasteiger partial charge in [0.1, 0.15) is 4.88 Å². The van der Waals surface area contributed by atoms with Gasteiger partial charge in [-0.15, -0.1) is 11.3 Å². The second-order valence-corrected chi connectivity index (χ2v) is 7.09. The van der Waals surface area contributed by atoms with Gasteiger partial charge in [-0.2, -0.15) is 0 Å². The van der Waals surface area contributed by atoms with Crippen LogP contribution in [0, 0.1) is 0 Å². The molecule has 0 radical (unpaired) electrons. The quantitative estimate of drug-likeness (QED) is 0.886. The van der Waals surface area contributed by atoms with Gasteiger partial charge in [-0.1, -0.05) is 22.0 Å². The van der Waals surface area contributed by atoms with Gasteiger partial charge in [-0.3, -0.25) is 4.79 Å². The van der Waals surface area contributed by atoms with E-state index in [0.717, 1.165) is 21.1 Å². The minimum Gasteiger partial charge on any atom is -0.397 e. The summed E-state index contributed by atoms with van der Waals surface area (Å²) in [5.41, 5.74) is 6.65. The van der Waals surface area contributed by atoms with E-state index in [0.29, 0.717) is 10.6 Å². The third kappa shape index (κ3) is 3.31. The van der Waals surface area contributed by atoms with Gasteiger partial charge in [0.15, 0.2) is 0 Å². The largest absolute Gasteiger partial charge is 0.397 e. The highest BCUT2D eigenvalue weighted by molar-refractivity contribution is 9.10. The van der Waals surface area contributed by atoms with Crippen molar-refractivity contribution < 1.29 is 4.79 Å². The number of thiophene rings is 1. The Hall–Kier alpha value is -1.11. The van der Waals surface area contributed by atoms with Gasteiger partial charge in [-0.05, 0) is 33.2 Å². The molecule has 2 rings (SSSR count). The van der Waals surface area contributed by atoms with Crippen molar-refractivity contribution in [3.63, 3.8) is 0 Å². The van der Waals surface area contributed by atoms with Crippen LogP contribution in [0.5, 0.6) is 0 Å². The zero-order valence-electron chi connectivity index (χ0n) is 11.7. The first kappa shape index (κ1) is 15.3. The molecule has 4 nitrogen and oxygen atoms in total. The average molecular weight is 356 g/mol. The Morgan fingerprint density at radius 1 is 1.50 bits per heavy atom. The molecule has 0 bridgehead atoms. The van der Waals surface area contributed by atoms with Gasteiger partial charge in [0.05, 0.1) is 5.69 Å². The number of fused-ring (bicyclic) bond motifs is 1. The maximum Gasteiger partial charge on any atom is 0.263 e. The molecule has 1 atom stereocenters. The number of carbonyl (C=O) groups excluding carboxylic acids is 1. The molecule has 0 saturated heterocycles. The molecule has 0 aliphatic rings. The number of benzene rings is 1. The topological polar surface area (TPSA) is 58.4 Å². The summed E-state index contributed by atoms with van der Waals surface area (Å²) in [4.78, 5) is 14.9. The van der Waals surface area contributed by atoms with Gasteiger partial charge in [-0.25, -0.2) is 0 Å². The fourth-order valence-electron chi connectivity index (χ4n) is 2.14. The fraction of sp³-hybridized carbons (Fsp3) is 0.357. The smallest absolute Gasteiger partial charge is 0.263 e. The minimum absolute atomic E-state index is 0.0776. The van der Waals surface area contributed by atoms with Crippen molar-refractivity contribution in [2.24, 2.45) is 0 Å². The van der Waals surface area contributed by atoms with Gasteiger partial charge in [0.25, 0.3) is 5.91 Å². The number of amides is 1. The van der Waals surface area contributed by atoms with Crippen LogP contribution in [0.25, 0.3) is 10.1 Å². The molecule has 0 saturated carbocycles. The van der Waals surface area contributed by atoms with E-state index in [4.69, 9.17) is 5.73 Å². The molecule has 1 unspecified atom stereocenters. The van der Waals surface area contributed by atoms with Gasteiger partial charge in [0, 0.05) is 27.1 Å². The molecule has 20 heavy (non-hydrogen) atoms. The van der Waals surface area contributed by atoms with Crippen molar-refractivity contribution in [3.05, 3.63) is 27.5 Å². The predicted octanol–water partition coefficient (Wildman–Crippen LogP) is 2.93. The Morgan fingerprint density at radius 2 is 2.20 bits per heavy atom. The molecule has 1 amide bonds. The van der Waals surface area contributed by atoms with E-state index in [9.17, 15) is 4.79 Å². The molecular formula is C14H18BrN3OS. The van der Waals surface area contributed by atoms with Gasteiger partial charge < -0.3 is 16.0 Å². The van der Waals surface area contributed by atoms with E-state index in [1.54, 1.807) is 0 Å². The number of hydrogen-bond donors (Lipinski definition) is 2. The van der Waals surface area contributed by atoms with E-state index in [-0.39, 0.29) is 11.9 Å². The number of nitrogens with zero attached hydrogens (tertiary/aromatic N) is 1. The van der Waals surface area contributed by atoms with Gasteiger partial charge in [0.2, 0.25) is 0 Å². The first-order chi connectivity index (χ1) is 9.38. The summed E-state index contributed by atoms with van der Waals surface area (Å²) in [6.07, 6.45) is 0. The van der Waals surface area contributed by atoms with Crippen LogP contribution in [0.2, 0.25) is 0 Å². The highest BCUT2D eigenvalue weighted by Gasteiger charge is 2.18. The molecule has 3 N–H and O–H groups in total. The zero-order valence-corrected chi connectivity index (χ0v) is 14.1. The Bertz CT molecular complexity index is 639. The number of halogens is 1. The van der Waals surface area contributed by atoms with Crippen molar-refractivity contribution >= 4 is 48.9 Å². The van der Waals surface area contributed by atoms with Crippen LogP contribution in [0.15, 0.2) is 22.7 Å². The third-order valence-corrected chi connectivity index (χ3v) is 4.57. The molecule has 2 aromatic rings. The molecule has 6 heteroatoms. The standard InChI is InChI=1S/C14H18BrN3OS/c1-8(7-18(2)3)17-14(19)13-12(16)10-5-4-9(15)6-11(10)20-13/h4-6,8H,7,16H2,1-3H3,(H,17,19). The van der Waals surface area contributed by atoms with E-state index >= 15 is 0 Å². The van der Waals surface area contributed by atoms with Crippen LogP contribution in [-0.2, 0) is 0 Å². The van der Waals surface area contributed by atoms with Crippen LogP contribution >= 0.6 is 27.3 Å². The lowest BCUT2D eigenvalue weighted by Gasteiger charge is -2.17. The summed E-state index contributed by atoms with van der Waals surface area (Å²) in [6.45, 7) is 2.78. The zero-order chi connectivity index (χ0) is 14.9. The Kier molecular flexibility index (Phi) is 4.67. The summed E-state index contributed by atoms with van der Waals surface area (Å²) in [5, 5.41) is 3.92. The van der Waals surface area contributed by atoms with E-state index < -0.39 is 0 Å². The van der Waals surface area contributed by atoms with Crippen molar-refractivity contribution in [3.8, 4) is 0 Å². The first-order valence-electron chi connectivity index (χ1n) is 6.31. The van der Waals surface area contributed by atoms with E-state index in [1.165, 1.54) is 11.3 Å². The summed E-state index contributed by atoms with van der Waals surface area (Å²) in [6, 6.07) is 5.93. The number of rotatable bonds is 4. The molecule has 0 aliphatic carbocycles. The number of carbonyl (C=O) groups is 1.